The molecule has 0 radical (unpaired) electrons. The summed E-state index contributed by atoms with van der Waals surface area (Å²) >= 11 is 0. The summed E-state index contributed by atoms with van der Waals surface area (Å²) in [6, 6.07) is 0.257. The highest BCUT2D eigenvalue weighted by Crippen LogP contribution is 2.24. The van der Waals surface area contributed by atoms with Gasteiger partial charge in [-0.05, 0) is 40.2 Å². The molecule has 2 heterocycles. The molecule has 0 spiro atoms. The lowest BCUT2D eigenvalue weighted by atomic mass is 9.92. The normalized spacial score (nSPS) is 25.3. The van der Waals surface area contributed by atoms with Crippen LogP contribution in [0.15, 0.2) is 4.42 Å². The predicted molar refractivity (Wildman–Crippen MR) is 66.2 cm³/mol. The zero-order valence-corrected chi connectivity index (χ0v) is 11.1. The summed E-state index contributed by atoms with van der Waals surface area (Å²) in [5.74, 6) is 0.706. The molecule has 0 amide bonds. The van der Waals surface area contributed by atoms with Gasteiger partial charge in [-0.25, -0.2) is 4.98 Å². The third-order valence-electron chi connectivity index (χ3n) is 3.77. The van der Waals surface area contributed by atoms with Crippen molar-refractivity contribution in [1.82, 2.24) is 9.88 Å². The average Bonchev–Trinajstić information content (AvgIpc) is 2.61. The van der Waals surface area contributed by atoms with Crippen LogP contribution in [-0.4, -0.2) is 33.5 Å². The van der Waals surface area contributed by atoms with Gasteiger partial charge >= 0.3 is 5.97 Å². The zero-order valence-electron chi connectivity index (χ0n) is 11.1. The molecule has 1 aromatic rings. The highest BCUT2D eigenvalue weighted by molar-refractivity contribution is 5.70. The lowest BCUT2D eigenvalue weighted by molar-refractivity contribution is -0.144. The summed E-state index contributed by atoms with van der Waals surface area (Å²) in [5.41, 5.74) is 0.929. The summed E-state index contributed by atoms with van der Waals surface area (Å²) in [7, 11) is 0. The number of aryl methyl sites for hydroxylation is 2. The molecule has 2 unspecified atom stereocenters. The first-order valence-corrected chi connectivity index (χ1v) is 6.37. The quantitative estimate of drug-likeness (QED) is 0.891. The van der Waals surface area contributed by atoms with E-state index in [4.69, 9.17) is 9.52 Å². The van der Waals surface area contributed by atoms with E-state index < -0.39 is 5.97 Å². The van der Waals surface area contributed by atoms with Crippen LogP contribution in [0.25, 0.3) is 0 Å². The van der Waals surface area contributed by atoms with Crippen LogP contribution in [0.2, 0.25) is 0 Å². The highest BCUT2D eigenvalue weighted by atomic mass is 16.4. The molecule has 2 rings (SSSR count). The van der Waals surface area contributed by atoms with Gasteiger partial charge in [-0.3, -0.25) is 9.69 Å². The maximum Gasteiger partial charge on any atom is 0.306 e. The number of aromatic nitrogens is 1. The zero-order chi connectivity index (χ0) is 13.3. The summed E-state index contributed by atoms with van der Waals surface area (Å²) in [4.78, 5) is 17.6. The predicted octanol–water partition coefficient (Wildman–Crippen LogP) is 1.98. The van der Waals surface area contributed by atoms with Gasteiger partial charge < -0.3 is 9.52 Å². The number of rotatable bonds is 3. The maximum absolute atomic E-state index is 11.0. The van der Waals surface area contributed by atoms with Crippen LogP contribution in [0.1, 0.15) is 37.1 Å². The first kappa shape index (κ1) is 13.1. The first-order chi connectivity index (χ1) is 8.47. The third kappa shape index (κ3) is 2.72. The molecular formula is C13H20N2O3. The highest BCUT2D eigenvalue weighted by Gasteiger charge is 2.30. The summed E-state index contributed by atoms with van der Waals surface area (Å²) < 4.78 is 5.57. The van der Waals surface area contributed by atoms with E-state index in [-0.39, 0.29) is 12.0 Å². The van der Waals surface area contributed by atoms with E-state index in [0.717, 1.165) is 23.9 Å². The summed E-state index contributed by atoms with van der Waals surface area (Å²) in [6.45, 7) is 7.37. The number of hydrogen-bond acceptors (Lipinski definition) is 4. The third-order valence-corrected chi connectivity index (χ3v) is 3.77. The van der Waals surface area contributed by atoms with Crippen molar-refractivity contribution in [2.75, 3.05) is 6.54 Å². The van der Waals surface area contributed by atoms with E-state index in [0.29, 0.717) is 19.4 Å². The van der Waals surface area contributed by atoms with Gasteiger partial charge in [-0.15, -0.1) is 0 Å². The SMILES string of the molecule is Cc1nc(CN2CCC(C(=O)O)CC2C)oc1C. The van der Waals surface area contributed by atoms with Gasteiger partial charge in [0.1, 0.15) is 5.76 Å². The largest absolute Gasteiger partial charge is 0.481 e. The van der Waals surface area contributed by atoms with Gasteiger partial charge in [0.2, 0.25) is 5.89 Å². The molecular weight excluding hydrogens is 232 g/mol. The number of nitrogens with zero attached hydrogens (tertiary/aromatic N) is 2. The molecule has 0 aliphatic carbocycles. The Morgan fingerprint density at radius 1 is 1.56 bits per heavy atom. The lowest BCUT2D eigenvalue weighted by Gasteiger charge is -2.35. The van der Waals surface area contributed by atoms with Crippen molar-refractivity contribution < 1.29 is 14.3 Å². The van der Waals surface area contributed by atoms with Crippen LogP contribution in [0.4, 0.5) is 0 Å². The van der Waals surface area contributed by atoms with E-state index in [1.807, 2.05) is 13.8 Å². The molecule has 1 aliphatic rings. The maximum atomic E-state index is 11.0. The number of likely N-dealkylation sites (tertiary alicyclic amines) is 1. The van der Waals surface area contributed by atoms with E-state index in [1.54, 1.807) is 0 Å². The van der Waals surface area contributed by atoms with Crippen molar-refractivity contribution in [1.29, 1.82) is 0 Å². The minimum atomic E-state index is -0.677. The van der Waals surface area contributed by atoms with E-state index >= 15 is 0 Å². The molecule has 0 aromatic carbocycles. The van der Waals surface area contributed by atoms with Gasteiger partial charge in [0.05, 0.1) is 18.2 Å². The van der Waals surface area contributed by atoms with E-state index in [1.165, 1.54) is 0 Å². The number of carboxylic acids is 1. The Morgan fingerprint density at radius 3 is 2.78 bits per heavy atom. The molecule has 0 bridgehead atoms. The second kappa shape index (κ2) is 5.10. The Balaban J connectivity index is 1.97. The van der Waals surface area contributed by atoms with E-state index in [2.05, 4.69) is 16.8 Å². The van der Waals surface area contributed by atoms with Crippen LogP contribution < -0.4 is 0 Å². The van der Waals surface area contributed by atoms with Crippen molar-refractivity contribution in [2.45, 2.75) is 46.2 Å². The van der Waals surface area contributed by atoms with Gasteiger partial charge in [0.25, 0.3) is 0 Å². The Labute approximate surface area is 107 Å². The Hall–Kier alpha value is -1.36. The topological polar surface area (TPSA) is 66.6 Å². The number of piperidine rings is 1. The number of carboxylic acid groups (broad SMARTS) is 1. The fourth-order valence-electron chi connectivity index (χ4n) is 2.46. The molecule has 2 atom stereocenters. The standard InChI is InChI=1S/C13H20N2O3/c1-8-6-11(13(16)17)4-5-15(8)7-12-14-9(2)10(3)18-12/h8,11H,4-7H2,1-3H3,(H,16,17). The Bertz CT molecular complexity index is 422. The second-order valence-electron chi connectivity index (χ2n) is 5.13. The number of carbonyl (C=O) groups is 1. The fraction of sp³-hybridized carbons (Fsp3) is 0.692. The molecule has 1 saturated heterocycles. The lowest BCUT2D eigenvalue weighted by Crippen LogP contribution is -2.42. The molecule has 18 heavy (non-hydrogen) atoms. The molecule has 1 aromatic heterocycles. The molecule has 1 aliphatic heterocycles. The molecule has 5 nitrogen and oxygen atoms in total. The minimum absolute atomic E-state index is 0.204. The summed E-state index contributed by atoms with van der Waals surface area (Å²) in [6.07, 6.45) is 1.41. The first-order valence-electron chi connectivity index (χ1n) is 6.37. The smallest absolute Gasteiger partial charge is 0.306 e. The molecule has 0 saturated carbocycles. The van der Waals surface area contributed by atoms with Crippen LogP contribution in [-0.2, 0) is 11.3 Å². The van der Waals surface area contributed by atoms with Crippen molar-refractivity contribution in [3.8, 4) is 0 Å². The van der Waals surface area contributed by atoms with Crippen molar-refractivity contribution in [3.05, 3.63) is 17.3 Å². The Morgan fingerprint density at radius 2 is 2.28 bits per heavy atom. The second-order valence-corrected chi connectivity index (χ2v) is 5.13. The van der Waals surface area contributed by atoms with Crippen LogP contribution in [0.5, 0.6) is 0 Å². The average molecular weight is 252 g/mol. The number of hydrogen-bond donors (Lipinski definition) is 1. The minimum Gasteiger partial charge on any atom is -0.481 e. The number of oxazole rings is 1. The van der Waals surface area contributed by atoms with Gasteiger partial charge in [0.15, 0.2) is 0 Å². The molecule has 1 fully saturated rings. The summed E-state index contributed by atoms with van der Waals surface area (Å²) in [5, 5.41) is 9.02. The molecule has 100 valence electrons. The number of aliphatic carboxylic acids is 1. The molecule has 5 heteroatoms. The van der Waals surface area contributed by atoms with Gasteiger partial charge in [0, 0.05) is 6.04 Å². The van der Waals surface area contributed by atoms with Crippen LogP contribution in [0.3, 0.4) is 0 Å². The van der Waals surface area contributed by atoms with Crippen molar-refractivity contribution >= 4 is 5.97 Å². The van der Waals surface area contributed by atoms with Crippen molar-refractivity contribution in [2.24, 2.45) is 5.92 Å². The van der Waals surface area contributed by atoms with E-state index in [9.17, 15) is 4.79 Å². The van der Waals surface area contributed by atoms with Gasteiger partial charge in [-0.1, -0.05) is 0 Å². The fourth-order valence-corrected chi connectivity index (χ4v) is 2.46. The molecule has 1 N–H and O–H groups in total. The van der Waals surface area contributed by atoms with Crippen molar-refractivity contribution in [3.63, 3.8) is 0 Å². The van der Waals surface area contributed by atoms with Crippen LogP contribution in [0, 0.1) is 19.8 Å². The van der Waals surface area contributed by atoms with Crippen LogP contribution >= 0.6 is 0 Å². The monoisotopic (exact) mass is 252 g/mol. The van der Waals surface area contributed by atoms with Gasteiger partial charge in [-0.2, -0.15) is 0 Å². The Kier molecular flexibility index (Phi) is 3.71.